The van der Waals surface area contributed by atoms with Gasteiger partial charge < -0.3 is 15.4 Å². The van der Waals surface area contributed by atoms with Gasteiger partial charge in [-0.15, -0.1) is 11.3 Å². The summed E-state index contributed by atoms with van der Waals surface area (Å²) in [4.78, 5) is 31.9. The second kappa shape index (κ2) is 10.2. The number of carbonyl (C=O) groups is 2. The summed E-state index contributed by atoms with van der Waals surface area (Å²) >= 11 is 1.51. The van der Waals surface area contributed by atoms with Gasteiger partial charge in [0.2, 0.25) is 5.91 Å². The quantitative estimate of drug-likeness (QED) is 0.704. The number of thiazole rings is 1. The minimum absolute atomic E-state index is 0.0602. The van der Waals surface area contributed by atoms with E-state index >= 15 is 0 Å². The summed E-state index contributed by atoms with van der Waals surface area (Å²) in [6.45, 7) is 9.46. The zero-order chi connectivity index (χ0) is 22.4. The number of carbonyl (C=O) groups excluding carboxylic acids is 2. The number of benzene rings is 1. The lowest BCUT2D eigenvalue weighted by Gasteiger charge is -2.32. The van der Waals surface area contributed by atoms with Gasteiger partial charge in [-0.1, -0.05) is 29.8 Å². The van der Waals surface area contributed by atoms with Crippen LogP contribution in [0.1, 0.15) is 49.6 Å². The number of ether oxygens (including phenoxy) is 1. The van der Waals surface area contributed by atoms with Crippen molar-refractivity contribution < 1.29 is 14.3 Å². The number of aryl methyl sites for hydroxylation is 1. The van der Waals surface area contributed by atoms with E-state index in [4.69, 9.17) is 4.74 Å². The van der Waals surface area contributed by atoms with Crippen LogP contribution >= 0.6 is 11.3 Å². The van der Waals surface area contributed by atoms with Crippen LogP contribution in [0.5, 0.6) is 0 Å². The van der Waals surface area contributed by atoms with Crippen LogP contribution in [0, 0.1) is 6.92 Å². The summed E-state index contributed by atoms with van der Waals surface area (Å²) in [5, 5.41) is 6.46. The molecule has 2 heterocycles. The maximum absolute atomic E-state index is 12.4. The highest BCUT2D eigenvalue weighted by Gasteiger charge is 2.24. The predicted molar refractivity (Wildman–Crippen MR) is 124 cm³/mol. The van der Waals surface area contributed by atoms with Gasteiger partial charge >= 0.3 is 6.09 Å². The van der Waals surface area contributed by atoms with Crippen molar-refractivity contribution in [1.29, 1.82) is 0 Å². The van der Waals surface area contributed by atoms with Gasteiger partial charge in [-0.05, 0) is 46.1 Å². The van der Waals surface area contributed by atoms with Crippen LogP contribution in [-0.2, 0) is 16.0 Å². The highest BCUT2D eigenvalue weighted by atomic mass is 32.1. The molecule has 168 valence electrons. The van der Waals surface area contributed by atoms with E-state index in [1.54, 1.807) is 0 Å². The van der Waals surface area contributed by atoms with Gasteiger partial charge in [0.15, 0.2) is 5.13 Å². The number of anilines is 1. The molecule has 31 heavy (non-hydrogen) atoms. The van der Waals surface area contributed by atoms with Crippen molar-refractivity contribution in [2.45, 2.75) is 58.6 Å². The summed E-state index contributed by atoms with van der Waals surface area (Å²) < 4.78 is 5.31. The third-order valence-corrected chi connectivity index (χ3v) is 5.85. The molecule has 1 fully saturated rings. The van der Waals surface area contributed by atoms with Crippen molar-refractivity contribution in [1.82, 2.24) is 15.2 Å². The molecule has 1 aromatic carbocycles. The summed E-state index contributed by atoms with van der Waals surface area (Å²) in [6, 6.07) is 8.49. The first-order valence-electron chi connectivity index (χ1n) is 10.7. The molecule has 0 saturated carbocycles. The topological polar surface area (TPSA) is 83.6 Å². The molecule has 2 N–H and O–H groups in total. The first-order chi connectivity index (χ1) is 14.7. The second-order valence-electron chi connectivity index (χ2n) is 9.04. The number of rotatable bonds is 6. The zero-order valence-corrected chi connectivity index (χ0v) is 19.6. The Kier molecular flexibility index (Phi) is 7.67. The Morgan fingerprint density at radius 1 is 1.26 bits per heavy atom. The zero-order valence-electron chi connectivity index (χ0n) is 18.7. The Balaban J connectivity index is 1.40. The van der Waals surface area contributed by atoms with Crippen molar-refractivity contribution in [3.8, 4) is 0 Å². The van der Waals surface area contributed by atoms with Gasteiger partial charge in [0.1, 0.15) is 5.60 Å². The molecule has 0 spiro atoms. The average molecular weight is 445 g/mol. The third-order valence-electron chi connectivity index (χ3n) is 4.94. The fourth-order valence-corrected chi connectivity index (χ4v) is 4.40. The number of aromatic nitrogens is 1. The van der Waals surface area contributed by atoms with Crippen molar-refractivity contribution in [3.05, 3.63) is 46.5 Å². The predicted octanol–water partition coefficient (Wildman–Crippen LogP) is 3.97. The molecule has 1 aromatic heterocycles. The summed E-state index contributed by atoms with van der Waals surface area (Å²) in [7, 11) is 0. The lowest BCUT2D eigenvalue weighted by Crippen LogP contribution is -2.47. The minimum Gasteiger partial charge on any atom is -0.444 e. The van der Waals surface area contributed by atoms with Gasteiger partial charge in [0.05, 0.1) is 6.54 Å². The van der Waals surface area contributed by atoms with Gasteiger partial charge in [0, 0.05) is 36.6 Å². The van der Waals surface area contributed by atoms with Gasteiger partial charge in [-0.3, -0.25) is 9.69 Å². The Morgan fingerprint density at radius 2 is 2.00 bits per heavy atom. The first-order valence-corrected chi connectivity index (χ1v) is 11.5. The second-order valence-corrected chi connectivity index (χ2v) is 10.2. The summed E-state index contributed by atoms with van der Waals surface area (Å²) in [5.74, 6) is -0.0602. The average Bonchev–Trinajstić information content (AvgIpc) is 3.08. The number of nitrogens with zero attached hydrogens (tertiary/aromatic N) is 2. The van der Waals surface area contributed by atoms with Crippen LogP contribution in [0.25, 0.3) is 0 Å². The fraction of sp³-hybridized carbons (Fsp3) is 0.522. The van der Waals surface area contributed by atoms with Crippen LogP contribution in [-0.4, -0.2) is 53.2 Å². The number of piperidine rings is 1. The Bertz CT molecular complexity index is 898. The smallest absolute Gasteiger partial charge is 0.407 e. The molecule has 0 aliphatic carbocycles. The molecular formula is C23H32N4O3S. The van der Waals surface area contributed by atoms with Crippen LogP contribution in [0.2, 0.25) is 0 Å². The molecule has 1 saturated heterocycles. The van der Waals surface area contributed by atoms with Crippen molar-refractivity contribution >= 4 is 28.5 Å². The number of amides is 2. The van der Waals surface area contributed by atoms with Gasteiger partial charge in [-0.2, -0.15) is 0 Å². The van der Waals surface area contributed by atoms with E-state index in [0.717, 1.165) is 37.2 Å². The van der Waals surface area contributed by atoms with Crippen LogP contribution in [0.4, 0.5) is 9.93 Å². The van der Waals surface area contributed by atoms with Crippen LogP contribution in [0.3, 0.4) is 0 Å². The molecule has 1 aliphatic rings. The molecule has 0 unspecified atom stereocenters. The van der Waals surface area contributed by atoms with Crippen LogP contribution in [0.15, 0.2) is 30.5 Å². The van der Waals surface area contributed by atoms with E-state index in [1.165, 1.54) is 22.5 Å². The largest absolute Gasteiger partial charge is 0.444 e. The normalized spacial score (nSPS) is 15.5. The summed E-state index contributed by atoms with van der Waals surface area (Å²) in [5.41, 5.74) is 1.98. The van der Waals surface area contributed by atoms with Crippen LogP contribution < -0.4 is 10.6 Å². The number of hydrogen-bond acceptors (Lipinski definition) is 6. The number of hydrogen-bond donors (Lipinski definition) is 2. The molecule has 2 aromatic rings. The van der Waals surface area contributed by atoms with E-state index in [2.05, 4.69) is 51.7 Å². The first kappa shape index (κ1) is 23.2. The fourth-order valence-electron chi connectivity index (χ4n) is 3.54. The summed E-state index contributed by atoms with van der Waals surface area (Å²) in [6.07, 6.45) is 3.85. The molecule has 2 amide bonds. The molecular weight excluding hydrogens is 412 g/mol. The van der Waals surface area contributed by atoms with E-state index < -0.39 is 5.60 Å². The maximum Gasteiger partial charge on any atom is 0.407 e. The van der Waals surface area contributed by atoms with Crippen molar-refractivity contribution in [2.75, 3.05) is 25.0 Å². The van der Waals surface area contributed by atoms with Gasteiger partial charge in [0.25, 0.3) is 0 Å². The number of likely N-dealkylation sites (tertiary alicyclic amines) is 1. The molecule has 8 heteroatoms. The molecule has 3 rings (SSSR count). The molecule has 0 radical (unpaired) electrons. The standard InChI is InChI=1S/C23H32N4O3S/c1-16-6-5-7-17(12-16)13-19-14-24-21(31-19)26-20(28)15-27-10-8-18(9-11-27)25-22(29)30-23(2,3)4/h5-7,12,14,18H,8-11,13,15H2,1-4H3,(H,25,29)(H,24,26,28). The monoisotopic (exact) mass is 444 g/mol. The van der Waals surface area contributed by atoms with Crippen molar-refractivity contribution in [3.63, 3.8) is 0 Å². The Labute approximate surface area is 188 Å². The molecule has 1 aliphatic heterocycles. The molecule has 0 bridgehead atoms. The Hall–Kier alpha value is -2.45. The number of alkyl carbamates (subject to hydrolysis) is 1. The SMILES string of the molecule is Cc1cccc(Cc2cnc(NC(=O)CN3CCC(NC(=O)OC(C)(C)C)CC3)s2)c1. The lowest BCUT2D eigenvalue weighted by molar-refractivity contribution is -0.117. The third kappa shape index (κ3) is 7.95. The maximum atomic E-state index is 12.4. The van der Waals surface area contributed by atoms with E-state index in [9.17, 15) is 9.59 Å². The highest BCUT2D eigenvalue weighted by Crippen LogP contribution is 2.22. The molecule has 0 atom stereocenters. The Morgan fingerprint density at radius 3 is 2.68 bits per heavy atom. The van der Waals surface area contributed by atoms with Crippen molar-refractivity contribution in [2.24, 2.45) is 0 Å². The lowest BCUT2D eigenvalue weighted by atomic mass is 10.1. The minimum atomic E-state index is -0.501. The van der Waals surface area contributed by atoms with E-state index in [0.29, 0.717) is 11.7 Å². The van der Waals surface area contributed by atoms with E-state index in [-0.39, 0.29) is 18.0 Å². The van der Waals surface area contributed by atoms with Gasteiger partial charge in [-0.25, -0.2) is 9.78 Å². The molecule has 7 nitrogen and oxygen atoms in total. The highest BCUT2D eigenvalue weighted by molar-refractivity contribution is 7.15. The van der Waals surface area contributed by atoms with E-state index in [1.807, 2.05) is 27.0 Å². The number of nitrogens with one attached hydrogen (secondary N) is 2.